The molecule has 22 heavy (non-hydrogen) atoms. The van der Waals surface area contributed by atoms with Gasteiger partial charge in [0.05, 0.1) is 5.56 Å². The van der Waals surface area contributed by atoms with Crippen LogP contribution in [-0.4, -0.2) is 5.97 Å². The topological polar surface area (TPSA) is 35.5 Å². The number of carbonyl (C=O) groups excluding carboxylic acids is 1. The van der Waals surface area contributed by atoms with Gasteiger partial charge in [0.1, 0.15) is 6.10 Å². The first-order valence-electron chi connectivity index (χ1n) is 8.08. The molecule has 0 spiro atoms. The molecule has 3 heteroatoms. The quantitative estimate of drug-likeness (QED) is 0.571. The van der Waals surface area contributed by atoms with Crippen LogP contribution in [0.25, 0.3) is 0 Å². The molecule has 1 aliphatic rings. The summed E-state index contributed by atoms with van der Waals surface area (Å²) in [4.78, 5) is 22.5. The second-order valence-electron chi connectivity index (χ2n) is 7.45. The predicted molar refractivity (Wildman–Crippen MR) is 87.1 cm³/mol. The lowest BCUT2D eigenvalue weighted by atomic mass is 9.72. The standard InChI is InChI=1S/C19H27O3/c1-13-6-7-14(2)17(12-13)18(20)22-21-16-10-8-15(9-11-16)19(3,4)5/h6-7,12,15H,8-11H2,1-5H3. The van der Waals surface area contributed by atoms with Crippen LogP contribution in [0.1, 0.15) is 67.9 Å². The minimum atomic E-state index is -0.411. The second kappa shape index (κ2) is 6.82. The Balaban J connectivity index is 1.84. The van der Waals surface area contributed by atoms with E-state index in [1.165, 1.54) is 0 Å². The Morgan fingerprint density at radius 3 is 2.36 bits per heavy atom. The monoisotopic (exact) mass is 303 g/mol. The van der Waals surface area contributed by atoms with Crippen molar-refractivity contribution in [3.8, 4) is 0 Å². The van der Waals surface area contributed by atoms with Gasteiger partial charge in [-0.05, 0) is 62.5 Å². The highest BCUT2D eigenvalue weighted by Crippen LogP contribution is 2.40. The van der Waals surface area contributed by atoms with Crippen LogP contribution in [0.15, 0.2) is 18.2 Å². The van der Waals surface area contributed by atoms with Crippen molar-refractivity contribution < 1.29 is 14.6 Å². The summed E-state index contributed by atoms with van der Waals surface area (Å²) in [6.07, 6.45) is 4.84. The highest BCUT2D eigenvalue weighted by Gasteiger charge is 2.31. The van der Waals surface area contributed by atoms with Crippen LogP contribution in [0.3, 0.4) is 0 Å². The van der Waals surface area contributed by atoms with Gasteiger partial charge in [0.25, 0.3) is 0 Å². The molecule has 1 fully saturated rings. The second-order valence-corrected chi connectivity index (χ2v) is 7.45. The van der Waals surface area contributed by atoms with E-state index in [0.29, 0.717) is 16.9 Å². The summed E-state index contributed by atoms with van der Waals surface area (Å²) in [5.74, 6) is 0.293. The molecule has 121 valence electrons. The SMILES string of the molecule is Cc1ccc(C)c(C(=O)OO[C]2CCC(C(C)(C)C)CC2)c1. The minimum absolute atomic E-state index is 0.334. The van der Waals surface area contributed by atoms with Gasteiger partial charge in [0, 0.05) is 0 Å². The molecule has 1 aromatic rings. The van der Waals surface area contributed by atoms with Crippen molar-refractivity contribution in [2.24, 2.45) is 11.3 Å². The molecule has 0 aromatic heterocycles. The zero-order valence-corrected chi connectivity index (χ0v) is 14.4. The van der Waals surface area contributed by atoms with Gasteiger partial charge in [-0.2, -0.15) is 4.89 Å². The van der Waals surface area contributed by atoms with Gasteiger partial charge >= 0.3 is 5.97 Å². The van der Waals surface area contributed by atoms with E-state index < -0.39 is 5.97 Å². The zero-order valence-electron chi connectivity index (χ0n) is 14.4. The van der Waals surface area contributed by atoms with Crippen molar-refractivity contribution >= 4 is 5.97 Å². The van der Waals surface area contributed by atoms with Crippen LogP contribution in [0.2, 0.25) is 0 Å². The molecular formula is C19H27O3. The van der Waals surface area contributed by atoms with Crippen molar-refractivity contribution in [2.45, 2.75) is 60.3 Å². The summed E-state index contributed by atoms with van der Waals surface area (Å²) in [5.41, 5.74) is 2.85. The highest BCUT2D eigenvalue weighted by atomic mass is 17.2. The van der Waals surface area contributed by atoms with Crippen molar-refractivity contribution in [2.75, 3.05) is 0 Å². The van der Waals surface area contributed by atoms with E-state index in [0.717, 1.165) is 42.9 Å². The molecule has 3 nitrogen and oxygen atoms in total. The number of hydrogen-bond acceptors (Lipinski definition) is 3. The summed E-state index contributed by atoms with van der Waals surface area (Å²) in [7, 11) is 0. The van der Waals surface area contributed by atoms with E-state index in [9.17, 15) is 4.79 Å². The average Bonchev–Trinajstić information content (AvgIpc) is 2.47. The highest BCUT2D eigenvalue weighted by molar-refractivity contribution is 5.90. The Bertz CT molecular complexity index is 520. The molecule has 0 heterocycles. The Kier molecular flexibility index (Phi) is 5.28. The van der Waals surface area contributed by atoms with Crippen LogP contribution in [0.4, 0.5) is 0 Å². The van der Waals surface area contributed by atoms with Gasteiger partial charge in [-0.15, -0.1) is 0 Å². The third-order valence-electron chi connectivity index (χ3n) is 4.62. The molecule has 2 rings (SSSR count). The molecule has 1 saturated carbocycles. The lowest BCUT2D eigenvalue weighted by Gasteiger charge is -2.35. The van der Waals surface area contributed by atoms with Gasteiger partial charge in [-0.1, -0.05) is 38.5 Å². The smallest absolute Gasteiger partial charge is 0.292 e. The van der Waals surface area contributed by atoms with Crippen molar-refractivity contribution in [1.82, 2.24) is 0 Å². The van der Waals surface area contributed by atoms with E-state index >= 15 is 0 Å². The molecular weight excluding hydrogens is 276 g/mol. The third kappa shape index (κ3) is 4.33. The summed E-state index contributed by atoms with van der Waals surface area (Å²) in [6, 6.07) is 5.74. The molecule has 0 unspecified atom stereocenters. The van der Waals surface area contributed by atoms with Crippen molar-refractivity contribution in [3.05, 3.63) is 41.0 Å². The molecule has 1 aromatic carbocycles. The van der Waals surface area contributed by atoms with Gasteiger partial charge in [0.2, 0.25) is 0 Å². The predicted octanol–water partition coefficient (Wildman–Crippen LogP) is 5.16. The fraction of sp³-hybridized carbons (Fsp3) is 0.579. The first-order valence-corrected chi connectivity index (χ1v) is 8.08. The van der Waals surface area contributed by atoms with Crippen molar-refractivity contribution in [3.63, 3.8) is 0 Å². The van der Waals surface area contributed by atoms with Gasteiger partial charge in [-0.25, -0.2) is 4.79 Å². The molecule has 1 radical (unpaired) electrons. The molecule has 0 amide bonds. The minimum Gasteiger partial charge on any atom is -0.292 e. The molecule has 0 atom stereocenters. The van der Waals surface area contributed by atoms with Gasteiger partial charge < -0.3 is 0 Å². The Hall–Kier alpha value is -1.35. The summed E-state index contributed by atoms with van der Waals surface area (Å²) in [5, 5.41) is 0. The molecule has 0 N–H and O–H groups in total. The van der Waals surface area contributed by atoms with Crippen molar-refractivity contribution in [1.29, 1.82) is 0 Å². The van der Waals surface area contributed by atoms with E-state index in [2.05, 4.69) is 20.8 Å². The number of aryl methyl sites for hydroxylation is 2. The van der Waals surface area contributed by atoms with Crippen LogP contribution in [0, 0.1) is 31.3 Å². The third-order valence-corrected chi connectivity index (χ3v) is 4.62. The maximum atomic E-state index is 12.1. The first kappa shape index (κ1) is 17.0. The Morgan fingerprint density at radius 2 is 1.77 bits per heavy atom. The number of hydrogen-bond donors (Lipinski definition) is 0. The maximum Gasteiger partial charge on any atom is 0.373 e. The Labute approximate surface area is 133 Å². The van der Waals surface area contributed by atoms with E-state index in [1.54, 1.807) is 0 Å². The maximum absolute atomic E-state index is 12.1. The summed E-state index contributed by atoms with van der Waals surface area (Å²) < 4.78 is 0. The van der Waals surface area contributed by atoms with Crippen LogP contribution >= 0.6 is 0 Å². The average molecular weight is 303 g/mol. The molecule has 0 saturated heterocycles. The fourth-order valence-corrected chi connectivity index (χ4v) is 2.99. The molecule has 1 aliphatic carbocycles. The summed E-state index contributed by atoms with van der Waals surface area (Å²) >= 11 is 0. The van der Waals surface area contributed by atoms with E-state index in [1.807, 2.05) is 32.0 Å². The van der Waals surface area contributed by atoms with Crippen LogP contribution in [-0.2, 0) is 9.78 Å². The number of rotatable bonds is 3. The molecule has 0 aliphatic heterocycles. The normalized spacial score (nSPS) is 17.5. The zero-order chi connectivity index (χ0) is 16.3. The van der Waals surface area contributed by atoms with Crippen LogP contribution < -0.4 is 0 Å². The number of carbonyl (C=O) groups is 1. The van der Waals surface area contributed by atoms with Gasteiger partial charge in [-0.3, -0.25) is 4.89 Å². The number of benzene rings is 1. The first-order chi connectivity index (χ1) is 10.3. The van der Waals surface area contributed by atoms with E-state index in [4.69, 9.17) is 9.78 Å². The van der Waals surface area contributed by atoms with Gasteiger partial charge in [0.15, 0.2) is 0 Å². The lowest BCUT2D eigenvalue weighted by Crippen LogP contribution is -2.26. The lowest BCUT2D eigenvalue weighted by molar-refractivity contribution is -0.241. The fourth-order valence-electron chi connectivity index (χ4n) is 2.99. The molecule has 0 bridgehead atoms. The summed E-state index contributed by atoms with van der Waals surface area (Å²) in [6.45, 7) is 10.7. The van der Waals surface area contributed by atoms with Crippen LogP contribution in [0.5, 0.6) is 0 Å². The van der Waals surface area contributed by atoms with E-state index in [-0.39, 0.29) is 0 Å². The Morgan fingerprint density at radius 1 is 1.14 bits per heavy atom. The largest absolute Gasteiger partial charge is 0.373 e.